The maximum Gasteiger partial charge on any atom is 0.336 e. The topological polar surface area (TPSA) is 56.5 Å². The normalized spacial score (nSPS) is 11.2. The van der Waals surface area contributed by atoms with Crippen LogP contribution in [0.4, 0.5) is 0 Å². The van der Waals surface area contributed by atoms with Crippen molar-refractivity contribution in [1.82, 2.24) is 0 Å². The molecule has 24 heavy (non-hydrogen) atoms. The minimum Gasteiger partial charge on any atom is -0.423 e. The summed E-state index contributed by atoms with van der Waals surface area (Å²) in [5, 5.41) is 2.80. The van der Waals surface area contributed by atoms with Gasteiger partial charge in [-0.2, -0.15) is 0 Å². The minimum absolute atomic E-state index is 0.347. The van der Waals surface area contributed by atoms with Crippen LogP contribution in [0.3, 0.4) is 0 Å². The fraction of sp³-hybridized carbons (Fsp3) is 0.158. The molecule has 3 aromatic rings. The number of aryl methyl sites for hydroxylation is 1. The molecule has 2 aromatic heterocycles. The molecule has 4 nitrogen and oxygen atoms in total. The first-order valence-corrected chi connectivity index (χ1v) is 8.54. The van der Waals surface area contributed by atoms with E-state index in [9.17, 15) is 9.59 Å². The molecular formula is C19H16O4S. The lowest BCUT2D eigenvalue weighted by atomic mass is 10.1. The molecular weight excluding hydrogens is 324 g/mol. The Hall–Kier alpha value is -2.66. The van der Waals surface area contributed by atoms with Crippen molar-refractivity contribution >= 4 is 34.4 Å². The van der Waals surface area contributed by atoms with Gasteiger partial charge in [0.15, 0.2) is 0 Å². The molecule has 0 aliphatic rings. The number of hydrogen-bond donors (Lipinski definition) is 0. The Morgan fingerprint density at radius 1 is 1.29 bits per heavy atom. The lowest BCUT2D eigenvalue weighted by molar-refractivity contribution is -0.128. The van der Waals surface area contributed by atoms with E-state index in [1.165, 1.54) is 23.5 Å². The number of esters is 1. The molecule has 0 N–H and O–H groups in total. The molecule has 0 radical (unpaired) electrons. The highest BCUT2D eigenvalue weighted by Gasteiger charge is 2.08. The largest absolute Gasteiger partial charge is 0.423 e. The van der Waals surface area contributed by atoms with Crippen LogP contribution in [-0.2, 0) is 11.2 Å². The molecule has 0 unspecified atom stereocenters. The van der Waals surface area contributed by atoms with Crippen LogP contribution in [-0.4, -0.2) is 5.97 Å². The molecule has 0 aliphatic heterocycles. The Morgan fingerprint density at radius 2 is 2.17 bits per heavy atom. The molecule has 0 spiro atoms. The molecule has 0 amide bonds. The van der Waals surface area contributed by atoms with Crippen LogP contribution in [0.1, 0.15) is 23.8 Å². The van der Waals surface area contributed by atoms with Crippen LogP contribution in [0, 0.1) is 0 Å². The zero-order chi connectivity index (χ0) is 16.9. The van der Waals surface area contributed by atoms with Gasteiger partial charge in [-0.25, -0.2) is 9.59 Å². The number of ether oxygens (including phenoxy) is 1. The van der Waals surface area contributed by atoms with E-state index in [4.69, 9.17) is 9.15 Å². The number of carbonyl (C=O) groups excluding carboxylic acids is 1. The van der Waals surface area contributed by atoms with E-state index < -0.39 is 11.6 Å². The number of thiophene rings is 1. The van der Waals surface area contributed by atoms with E-state index in [-0.39, 0.29) is 0 Å². The summed E-state index contributed by atoms with van der Waals surface area (Å²) in [6, 6.07) is 10.4. The van der Waals surface area contributed by atoms with E-state index >= 15 is 0 Å². The summed E-state index contributed by atoms with van der Waals surface area (Å²) in [7, 11) is 0. The molecule has 3 rings (SSSR count). The van der Waals surface area contributed by atoms with Crippen molar-refractivity contribution in [3.05, 3.63) is 68.7 Å². The lowest BCUT2D eigenvalue weighted by Gasteiger charge is -2.06. The first-order valence-electron chi connectivity index (χ1n) is 7.66. The minimum atomic E-state index is -0.477. The highest BCUT2D eigenvalue weighted by molar-refractivity contribution is 7.10. The molecule has 2 heterocycles. The van der Waals surface area contributed by atoms with Crippen LogP contribution >= 0.6 is 11.3 Å². The van der Waals surface area contributed by atoms with Gasteiger partial charge in [-0.3, -0.25) is 0 Å². The van der Waals surface area contributed by atoms with Crippen LogP contribution in [0.15, 0.2) is 57.1 Å². The third-order valence-corrected chi connectivity index (χ3v) is 4.30. The zero-order valence-corrected chi connectivity index (χ0v) is 14.0. The Labute approximate surface area is 143 Å². The fourth-order valence-electron chi connectivity index (χ4n) is 2.44. The quantitative estimate of drug-likeness (QED) is 0.298. The second kappa shape index (κ2) is 7.27. The third kappa shape index (κ3) is 3.81. The van der Waals surface area contributed by atoms with Gasteiger partial charge in [0, 0.05) is 28.5 Å². The predicted molar refractivity (Wildman–Crippen MR) is 95.5 cm³/mol. The lowest BCUT2D eigenvalue weighted by Crippen LogP contribution is -2.04. The molecule has 1 aromatic carbocycles. The SMILES string of the molecule is CCCc1cc(=O)oc2cc(OC(=O)/C=C/c3cccs3)ccc12. The van der Waals surface area contributed by atoms with E-state index in [0.717, 1.165) is 28.7 Å². The van der Waals surface area contributed by atoms with Crippen LogP contribution < -0.4 is 10.4 Å². The average molecular weight is 340 g/mol. The van der Waals surface area contributed by atoms with Crippen LogP contribution in [0.2, 0.25) is 0 Å². The van der Waals surface area contributed by atoms with Crippen LogP contribution in [0.5, 0.6) is 5.75 Å². The summed E-state index contributed by atoms with van der Waals surface area (Å²) in [4.78, 5) is 24.5. The Kier molecular flexibility index (Phi) is 4.91. The van der Waals surface area contributed by atoms with Crippen LogP contribution in [0.25, 0.3) is 17.0 Å². The molecule has 0 atom stereocenters. The highest BCUT2D eigenvalue weighted by atomic mass is 32.1. The van der Waals surface area contributed by atoms with Crippen molar-refractivity contribution in [3.63, 3.8) is 0 Å². The Bertz CT molecular complexity index is 936. The summed E-state index contributed by atoms with van der Waals surface area (Å²) < 4.78 is 10.5. The van der Waals surface area contributed by atoms with Gasteiger partial charge in [-0.15, -0.1) is 11.3 Å². The number of carbonyl (C=O) groups is 1. The van der Waals surface area contributed by atoms with Gasteiger partial charge in [0.05, 0.1) is 0 Å². The Morgan fingerprint density at radius 3 is 2.92 bits per heavy atom. The third-order valence-electron chi connectivity index (χ3n) is 3.47. The maximum absolute atomic E-state index is 11.9. The van der Waals surface area contributed by atoms with Crippen molar-refractivity contribution < 1.29 is 13.9 Å². The molecule has 0 aliphatic carbocycles. The highest BCUT2D eigenvalue weighted by Crippen LogP contribution is 2.23. The maximum atomic E-state index is 11.9. The summed E-state index contributed by atoms with van der Waals surface area (Å²) in [6.45, 7) is 2.05. The van der Waals surface area contributed by atoms with Gasteiger partial charge < -0.3 is 9.15 Å². The van der Waals surface area contributed by atoms with E-state index in [1.807, 2.05) is 23.6 Å². The summed E-state index contributed by atoms with van der Waals surface area (Å²) in [6.07, 6.45) is 4.81. The summed E-state index contributed by atoms with van der Waals surface area (Å²) in [5.74, 6) is -0.130. The number of rotatable bonds is 5. The number of hydrogen-bond acceptors (Lipinski definition) is 5. The van der Waals surface area contributed by atoms with E-state index in [0.29, 0.717) is 11.3 Å². The molecule has 5 heteroatoms. The van der Waals surface area contributed by atoms with Gasteiger partial charge >= 0.3 is 11.6 Å². The number of benzene rings is 1. The smallest absolute Gasteiger partial charge is 0.336 e. The molecule has 0 bridgehead atoms. The molecule has 122 valence electrons. The Balaban J connectivity index is 1.83. The number of fused-ring (bicyclic) bond motifs is 1. The van der Waals surface area contributed by atoms with Gasteiger partial charge in [-0.05, 0) is 41.6 Å². The average Bonchev–Trinajstić information content (AvgIpc) is 3.06. The van der Waals surface area contributed by atoms with Crippen molar-refractivity contribution in [3.8, 4) is 5.75 Å². The van der Waals surface area contributed by atoms with Gasteiger partial charge in [0.1, 0.15) is 11.3 Å². The second-order valence-corrected chi connectivity index (χ2v) is 6.25. The first kappa shape index (κ1) is 16.2. The standard InChI is InChI=1S/C19H16O4S/c1-2-4-13-11-19(21)23-17-12-14(6-8-16(13)17)22-18(20)9-7-15-5-3-10-24-15/h3,5-12H,2,4H2,1H3/b9-7+. The fourth-order valence-corrected chi connectivity index (χ4v) is 3.05. The van der Waals surface area contributed by atoms with Gasteiger partial charge in [0.25, 0.3) is 0 Å². The van der Waals surface area contributed by atoms with E-state index in [1.54, 1.807) is 18.2 Å². The first-order chi connectivity index (χ1) is 11.7. The summed E-state index contributed by atoms with van der Waals surface area (Å²) in [5.41, 5.74) is 0.977. The predicted octanol–water partition coefficient (Wildman–Crippen LogP) is 4.43. The van der Waals surface area contributed by atoms with Crippen molar-refractivity contribution in [2.45, 2.75) is 19.8 Å². The van der Waals surface area contributed by atoms with Crippen molar-refractivity contribution in [2.75, 3.05) is 0 Å². The molecule has 0 saturated heterocycles. The monoisotopic (exact) mass is 340 g/mol. The van der Waals surface area contributed by atoms with Crippen molar-refractivity contribution in [1.29, 1.82) is 0 Å². The second-order valence-electron chi connectivity index (χ2n) is 5.27. The zero-order valence-electron chi connectivity index (χ0n) is 13.2. The van der Waals surface area contributed by atoms with Gasteiger partial charge in [0.2, 0.25) is 0 Å². The summed E-state index contributed by atoms with van der Waals surface area (Å²) >= 11 is 1.54. The van der Waals surface area contributed by atoms with Crippen molar-refractivity contribution in [2.24, 2.45) is 0 Å². The van der Waals surface area contributed by atoms with Gasteiger partial charge in [-0.1, -0.05) is 19.4 Å². The molecule has 0 saturated carbocycles. The molecule has 0 fully saturated rings. The van der Waals surface area contributed by atoms with E-state index in [2.05, 4.69) is 6.92 Å².